The molecule has 0 bridgehead atoms. The van der Waals surface area contributed by atoms with Gasteiger partial charge in [0.25, 0.3) is 5.91 Å². The fourth-order valence-electron chi connectivity index (χ4n) is 3.48. The van der Waals surface area contributed by atoms with Gasteiger partial charge in [-0.05, 0) is 30.2 Å². The second-order valence-corrected chi connectivity index (χ2v) is 7.27. The molecule has 3 aromatic rings. The van der Waals surface area contributed by atoms with Gasteiger partial charge in [0.05, 0.1) is 6.42 Å². The Hall–Kier alpha value is -3.80. The molecule has 0 spiro atoms. The van der Waals surface area contributed by atoms with E-state index in [1.165, 1.54) is 0 Å². The van der Waals surface area contributed by atoms with Crippen LogP contribution in [0.15, 0.2) is 78.9 Å². The summed E-state index contributed by atoms with van der Waals surface area (Å²) in [4.78, 5) is 25.2. The molecule has 1 N–H and O–H groups in total. The number of fused-ring (bicyclic) bond motifs is 1. The molecular formula is C25H23NO5. The molecule has 1 aliphatic heterocycles. The topological polar surface area (TPSA) is 73.9 Å². The Morgan fingerprint density at radius 3 is 2.16 bits per heavy atom. The van der Waals surface area contributed by atoms with E-state index in [-0.39, 0.29) is 19.1 Å². The number of benzene rings is 3. The largest absolute Gasteiger partial charge is 0.454 e. The summed E-state index contributed by atoms with van der Waals surface area (Å²) in [5.41, 5.74) is 2.58. The Morgan fingerprint density at radius 1 is 0.903 bits per heavy atom. The number of ether oxygens (including phenoxy) is 3. The highest BCUT2D eigenvalue weighted by Gasteiger charge is 2.23. The molecular weight excluding hydrogens is 394 g/mol. The lowest BCUT2D eigenvalue weighted by molar-refractivity contribution is -0.153. The number of carbonyl (C=O) groups excluding carboxylic acids is 2. The lowest BCUT2D eigenvalue weighted by atomic mass is 9.88. The third-order valence-corrected chi connectivity index (χ3v) is 5.09. The highest BCUT2D eigenvalue weighted by Crippen LogP contribution is 2.34. The van der Waals surface area contributed by atoms with Gasteiger partial charge in [-0.1, -0.05) is 60.7 Å². The zero-order valence-corrected chi connectivity index (χ0v) is 17.1. The summed E-state index contributed by atoms with van der Waals surface area (Å²) in [6.07, 6.45) is -0.805. The minimum Gasteiger partial charge on any atom is -0.454 e. The molecule has 0 saturated carbocycles. The van der Waals surface area contributed by atoms with Crippen LogP contribution in [0, 0.1) is 0 Å². The molecule has 4 rings (SSSR count). The minimum atomic E-state index is -0.940. The van der Waals surface area contributed by atoms with Gasteiger partial charge < -0.3 is 19.5 Å². The maximum absolute atomic E-state index is 12.7. The molecule has 1 heterocycles. The normalized spacial score (nSPS) is 13.0. The zero-order chi connectivity index (χ0) is 21.6. The summed E-state index contributed by atoms with van der Waals surface area (Å²) in [6, 6.07) is 24.7. The van der Waals surface area contributed by atoms with Crippen LogP contribution in [0.5, 0.6) is 11.5 Å². The number of hydrogen-bond donors (Lipinski definition) is 1. The van der Waals surface area contributed by atoms with Crippen LogP contribution in [0.4, 0.5) is 5.69 Å². The summed E-state index contributed by atoms with van der Waals surface area (Å²) < 4.78 is 16.0. The number of hydrogen-bond acceptors (Lipinski definition) is 5. The van der Waals surface area contributed by atoms with Crippen LogP contribution < -0.4 is 14.8 Å². The SMILES string of the molecule is C[C@@H](OC(=O)CC(c1ccccc1)c1ccccc1)C(=O)Nc1ccc2c(c1)OCO2. The predicted octanol–water partition coefficient (Wildman–Crippen LogP) is 4.51. The highest BCUT2D eigenvalue weighted by molar-refractivity contribution is 5.95. The van der Waals surface area contributed by atoms with E-state index >= 15 is 0 Å². The number of anilines is 1. The average Bonchev–Trinajstić information content (AvgIpc) is 3.26. The Balaban J connectivity index is 1.39. The van der Waals surface area contributed by atoms with E-state index in [1.54, 1.807) is 25.1 Å². The molecule has 0 unspecified atom stereocenters. The summed E-state index contributed by atoms with van der Waals surface area (Å²) >= 11 is 0. The first-order chi connectivity index (χ1) is 15.1. The van der Waals surface area contributed by atoms with Crippen molar-refractivity contribution in [1.82, 2.24) is 0 Å². The van der Waals surface area contributed by atoms with Crippen LogP contribution in [-0.2, 0) is 14.3 Å². The van der Waals surface area contributed by atoms with Gasteiger partial charge in [0.2, 0.25) is 6.79 Å². The maximum atomic E-state index is 12.7. The number of rotatable bonds is 7. The van der Waals surface area contributed by atoms with Crippen molar-refractivity contribution in [2.45, 2.75) is 25.4 Å². The van der Waals surface area contributed by atoms with Crippen molar-refractivity contribution in [3.8, 4) is 11.5 Å². The van der Waals surface area contributed by atoms with Crippen LogP contribution in [0.3, 0.4) is 0 Å². The van der Waals surface area contributed by atoms with Crippen molar-refractivity contribution < 1.29 is 23.8 Å². The summed E-state index contributed by atoms with van der Waals surface area (Å²) in [7, 11) is 0. The molecule has 0 aromatic heterocycles. The number of carbonyl (C=O) groups is 2. The molecule has 6 heteroatoms. The molecule has 1 aliphatic rings. The molecule has 1 amide bonds. The van der Waals surface area contributed by atoms with Crippen LogP contribution in [0.25, 0.3) is 0 Å². The van der Waals surface area contributed by atoms with Crippen molar-refractivity contribution >= 4 is 17.6 Å². The minimum absolute atomic E-state index is 0.135. The van der Waals surface area contributed by atoms with Crippen molar-refractivity contribution in [1.29, 1.82) is 0 Å². The molecule has 31 heavy (non-hydrogen) atoms. The number of amides is 1. The van der Waals surface area contributed by atoms with Gasteiger partial charge in [-0.3, -0.25) is 9.59 Å². The molecule has 0 fully saturated rings. The van der Waals surface area contributed by atoms with Crippen molar-refractivity contribution in [2.75, 3.05) is 12.1 Å². The van der Waals surface area contributed by atoms with E-state index in [2.05, 4.69) is 5.32 Å². The second kappa shape index (κ2) is 9.34. The standard InChI is InChI=1S/C25H23NO5/c1-17(25(28)26-20-12-13-22-23(14-20)30-16-29-22)31-24(27)15-21(18-8-4-2-5-9-18)19-10-6-3-7-11-19/h2-14,17,21H,15-16H2,1H3,(H,26,28)/t17-/m1/s1. The zero-order valence-electron chi connectivity index (χ0n) is 17.1. The predicted molar refractivity (Wildman–Crippen MR) is 116 cm³/mol. The maximum Gasteiger partial charge on any atom is 0.307 e. The van der Waals surface area contributed by atoms with E-state index in [9.17, 15) is 9.59 Å². The van der Waals surface area contributed by atoms with E-state index in [0.717, 1.165) is 11.1 Å². The van der Waals surface area contributed by atoms with E-state index < -0.39 is 18.0 Å². The Labute approximate surface area is 180 Å². The van der Waals surface area contributed by atoms with Gasteiger partial charge in [-0.2, -0.15) is 0 Å². The van der Waals surface area contributed by atoms with Crippen molar-refractivity contribution in [3.05, 3.63) is 90.0 Å². The molecule has 0 saturated heterocycles. The molecule has 6 nitrogen and oxygen atoms in total. The molecule has 158 valence electrons. The first-order valence-corrected chi connectivity index (χ1v) is 10.1. The quantitative estimate of drug-likeness (QED) is 0.573. The van der Waals surface area contributed by atoms with Gasteiger partial charge in [-0.15, -0.1) is 0 Å². The Morgan fingerprint density at radius 2 is 1.52 bits per heavy atom. The van der Waals surface area contributed by atoms with Gasteiger partial charge in [-0.25, -0.2) is 0 Å². The van der Waals surface area contributed by atoms with Gasteiger partial charge >= 0.3 is 5.97 Å². The average molecular weight is 417 g/mol. The lowest BCUT2D eigenvalue weighted by Crippen LogP contribution is -2.30. The Bertz CT molecular complexity index is 1010. The van der Waals surface area contributed by atoms with Crippen LogP contribution >= 0.6 is 0 Å². The Kier molecular flexibility index (Phi) is 6.17. The third kappa shape index (κ3) is 5.04. The summed E-state index contributed by atoms with van der Waals surface area (Å²) in [5, 5.41) is 2.74. The third-order valence-electron chi connectivity index (χ3n) is 5.09. The van der Waals surface area contributed by atoms with Crippen LogP contribution in [-0.4, -0.2) is 24.8 Å². The fourth-order valence-corrected chi connectivity index (χ4v) is 3.48. The first kappa shape index (κ1) is 20.5. The van der Waals surface area contributed by atoms with Crippen LogP contribution in [0.1, 0.15) is 30.4 Å². The van der Waals surface area contributed by atoms with E-state index in [4.69, 9.17) is 14.2 Å². The van der Waals surface area contributed by atoms with Gasteiger partial charge in [0, 0.05) is 17.7 Å². The molecule has 3 aromatic carbocycles. The fraction of sp³-hybridized carbons (Fsp3) is 0.200. The molecule has 1 atom stereocenters. The van der Waals surface area contributed by atoms with Gasteiger partial charge in [0.15, 0.2) is 17.6 Å². The van der Waals surface area contributed by atoms with E-state index in [1.807, 2.05) is 60.7 Å². The summed E-state index contributed by atoms with van der Waals surface area (Å²) in [5.74, 6) is 0.189. The highest BCUT2D eigenvalue weighted by atomic mass is 16.7. The first-order valence-electron chi connectivity index (χ1n) is 10.1. The second-order valence-electron chi connectivity index (χ2n) is 7.27. The van der Waals surface area contributed by atoms with Crippen molar-refractivity contribution in [3.63, 3.8) is 0 Å². The van der Waals surface area contributed by atoms with Crippen LogP contribution in [0.2, 0.25) is 0 Å². The molecule has 0 radical (unpaired) electrons. The monoisotopic (exact) mass is 417 g/mol. The number of nitrogens with one attached hydrogen (secondary N) is 1. The summed E-state index contributed by atoms with van der Waals surface area (Å²) in [6.45, 7) is 1.71. The van der Waals surface area contributed by atoms with E-state index in [0.29, 0.717) is 17.2 Å². The van der Waals surface area contributed by atoms with Gasteiger partial charge in [0.1, 0.15) is 0 Å². The molecule has 0 aliphatic carbocycles. The smallest absolute Gasteiger partial charge is 0.307 e. The van der Waals surface area contributed by atoms with Crippen molar-refractivity contribution in [2.24, 2.45) is 0 Å². The lowest BCUT2D eigenvalue weighted by Gasteiger charge is -2.19. The number of esters is 1.